The first-order chi connectivity index (χ1) is 7.99. The van der Waals surface area contributed by atoms with Gasteiger partial charge in [0.05, 0.1) is 11.1 Å². The summed E-state index contributed by atoms with van der Waals surface area (Å²) in [4.78, 5) is 0. The van der Waals surface area contributed by atoms with Crippen molar-refractivity contribution >= 4 is 11.6 Å². The highest BCUT2D eigenvalue weighted by atomic mass is 35.5. The number of ether oxygens (including phenoxy) is 1. The smallest absolute Gasteiger partial charge is 0.143 e. The average Bonchev–Trinajstić information content (AvgIpc) is 2.22. The highest BCUT2D eigenvalue weighted by Gasteiger charge is 2.29. The zero-order valence-corrected chi connectivity index (χ0v) is 11.6. The van der Waals surface area contributed by atoms with Crippen molar-refractivity contribution in [3.8, 4) is 5.75 Å². The van der Waals surface area contributed by atoms with E-state index in [1.54, 1.807) is 0 Å². The van der Waals surface area contributed by atoms with Crippen LogP contribution in [0.3, 0.4) is 0 Å². The van der Waals surface area contributed by atoms with E-state index in [0.29, 0.717) is 17.1 Å². The van der Waals surface area contributed by atoms with Gasteiger partial charge >= 0.3 is 0 Å². The van der Waals surface area contributed by atoms with E-state index in [1.807, 2.05) is 6.07 Å². The van der Waals surface area contributed by atoms with Crippen molar-refractivity contribution in [2.45, 2.75) is 52.3 Å². The molecule has 0 amide bonds. The van der Waals surface area contributed by atoms with Crippen LogP contribution in [0.1, 0.15) is 44.4 Å². The lowest BCUT2D eigenvalue weighted by Gasteiger charge is -2.34. The summed E-state index contributed by atoms with van der Waals surface area (Å²) in [6.45, 7) is 8.54. The first kappa shape index (κ1) is 12.7. The molecule has 2 nitrogen and oxygen atoms in total. The summed E-state index contributed by atoms with van der Waals surface area (Å²) in [5, 5.41) is 4.31. The number of nitrogens with one attached hydrogen (secondary N) is 1. The van der Waals surface area contributed by atoms with Crippen LogP contribution in [0.4, 0.5) is 0 Å². The molecule has 0 saturated heterocycles. The number of hydrogen-bond acceptors (Lipinski definition) is 2. The Morgan fingerprint density at radius 1 is 1.41 bits per heavy atom. The molecule has 1 aliphatic rings. The third-order valence-corrected chi connectivity index (χ3v) is 3.43. The maximum Gasteiger partial charge on any atom is 0.143 e. The zero-order chi connectivity index (χ0) is 12.6. The Morgan fingerprint density at radius 2 is 2.12 bits per heavy atom. The minimum absolute atomic E-state index is 0.207. The van der Waals surface area contributed by atoms with Gasteiger partial charge in [0.1, 0.15) is 5.75 Å². The van der Waals surface area contributed by atoms with Crippen LogP contribution in [-0.2, 0) is 0 Å². The van der Waals surface area contributed by atoms with Crippen LogP contribution < -0.4 is 10.1 Å². The third-order valence-electron chi connectivity index (χ3n) is 3.14. The fourth-order valence-electron chi connectivity index (χ4n) is 2.48. The molecule has 2 rings (SSSR count). The maximum atomic E-state index is 6.23. The predicted octanol–water partition coefficient (Wildman–Crippen LogP) is 3.86. The van der Waals surface area contributed by atoms with Crippen molar-refractivity contribution in [2.75, 3.05) is 0 Å². The molecule has 0 aliphatic carbocycles. The van der Waals surface area contributed by atoms with Crippen LogP contribution in [0.2, 0.25) is 5.02 Å². The summed E-state index contributed by atoms with van der Waals surface area (Å²) >= 11 is 6.23. The molecule has 0 radical (unpaired) electrons. The second-order valence-corrected chi connectivity index (χ2v) is 5.55. The largest absolute Gasteiger partial charge is 0.489 e. The van der Waals surface area contributed by atoms with Crippen molar-refractivity contribution in [3.05, 3.63) is 28.3 Å². The predicted molar refractivity (Wildman–Crippen MR) is 71.9 cm³/mol. The molecular weight excluding hydrogens is 234 g/mol. The van der Waals surface area contributed by atoms with E-state index in [0.717, 1.165) is 12.2 Å². The van der Waals surface area contributed by atoms with Gasteiger partial charge in [-0.15, -0.1) is 0 Å². The van der Waals surface area contributed by atoms with Crippen molar-refractivity contribution < 1.29 is 4.74 Å². The van der Waals surface area contributed by atoms with Crippen LogP contribution in [0, 0.1) is 6.92 Å². The minimum atomic E-state index is 0.207. The van der Waals surface area contributed by atoms with Gasteiger partial charge in [-0.05, 0) is 25.5 Å². The van der Waals surface area contributed by atoms with Crippen LogP contribution in [0.15, 0.2) is 12.1 Å². The number of halogens is 1. The van der Waals surface area contributed by atoms with Crippen LogP contribution in [0.5, 0.6) is 5.75 Å². The fourth-order valence-corrected chi connectivity index (χ4v) is 2.69. The molecule has 0 saturated carbocycles. The molecule has 1 aromatic carbocycles. The standard InChI is InChI=1S/C14H20ClNO/c1-8(2)16-12-7-10(4)17-14-11(15)6-5-9(3)13(12)14/h5-6,8,10,12,16H,7H2,1-4H3. The average molecular weight is 254 g/mol. The Morgan fingerprint density at radius 3 is 2.76 bits per heavy atom. The van der Waals surface area contributed by atoms with E-state index in [2.05, 4.69) is 39.1 Å². The van der Waals surface area contributed by atoms with E-state index < -0.39 is 0 Å². The molecule has 0 aromatic heterocycles. The lowest BCUT2D eigenvalue weighted by atomic mass is 9.92. The van der Waals surface area contributed by atoms with Gasteiger partial charge in [0.15, 0.2) is 0 Å². The van der Waals surface area contributed by atoms with E-state index in [4.69, 9.17) is 16.3 Å². The number of hydrogen-bond donors (Lipinski definition) is 1. The number of aryl methyl sites for hydroxylation is 1. The highest BCUT2D eigenvalue weighted by molar-refractivity contribution is 6.32. The minimum Gasteiger partial charge on any atom is -0.489 e. The van der Waals surface area contributed by atoms with Gasteiger partial charge in [0, 0.05) is 24.1 Å². The molecule has 94 valence electrons. The van der Waals surface area contributed by atoms with Crippen LogP contribution in [-0.4, -0.2) is 12.1 Å². The molecule has 1 aromatic rings. The summed E-state index contributed by atoms with van der Waals surface area (Å²) in [6, 6.07) is 4.78. The van der Waals surface area contributed by atoms with E-state index in [9.17, 15) is 0 Å². The molecule has 0 bridgehead atoms. The second kappa shape index (κ2) is 4.87. The summed E-state index contributed by atoms with van der Waals surface area (Å²) < 4.78 is 5.88. The van der Waals surface area contributed by atoms with E-state index >= 15 is 0 Å². The Labute approximate surface area is 108 Å². The van der Waals surface area contributed by atoms with Gasteiger partial charge in [-0.1, -0.05) is 31.5 Å². The summed E-state index contributed by atoms with van der Waals surface area (Å²) in [5.41, 5.74) is 2.47. The monoisotopic (exact) mass is 253 g/mol. The molecule has 3 heteroatoms. The normalized spacial score (nSPS) is 23.4. The summed E-state index contributed by atoms with van der Waals surface area (Å²) in [7, 11) is 0. The van der Waals surface area contributed by atoms with Crippen molar-refractivity contribution in [1.82, 2.24) is 5.32 Å². The Kier molecular flexibility index (Phi) is 3.64. The van der Waals surface area contributed by atoms with Gasteiger partial charge < -0.3 is 10.1 Å². The van der Waals surface area contributed by atoms with E-state index in [-0.39, 0.29) is 6.10 Å². The quantitative estimate of drug-likeness (QED) is 0.864. The highest BCUT2D eigenvalue weighted by Crippen LogP contribution is 2.41. The molecule has 2 unspecified atom stereocenters. The Bertz CT molecular complexity index is 417. The van der Waals surface area contributed by atoms with Gasteiger partial charge in [0.2, 0.25) is 0 Å². The maximum absolute atomic E-state index is 6.23. The van der Waals surface area contributed by atoms with Crippen LogP contribution in [0.25, 0.3) is 0 Å². The lowest BCUT2D eigenvalue weighted by Crippen LogP contribution is -2.35. The summed E-state index contributed by atoms with van der Waals surface area (Å²) in [6.07, 6.45) is 1.20. The number of benzene rings is 1. The molecule has 1 N–H and O–H groups in total. The molecule has 0 spiro atoms. The molecule has 2 atom stereocenters. The number of rotatable bonds is 2. The lowest BCUT2D eigenvalue weighted by molar-refractivity contribution is 0.163. The fraction of sp³-hybridized carbons (Fsp3) is 0.571. The molecular formula is C14H20ClNO. The van der Waals surface area contributed by atoms with Crippen molar-refractivity contribution in [2.24, 2.45) is 0 Å². The van der Waals surface area contributed by atoms with Gasteiger partial charge in [-0.2, -0.15) is 0 Å². The van der Waals surface area contributed by atoms with Crippen LogP contribution >= 0.6 is 11.6 Å². The first-order valence-electron chi connectivity index (χ1n) is 6.20. The number of fused-ring (bicyclic) bond motifs is 1. The first-order valence-corrected chi connectivity index (χ1v) is 6.58. The SMILES string of the molecule is Cc1ccc(Cl)c2c1C(NC(C)C)CC(C)O2. The van der Waals surface area contributed by atoms with Crippen molar-refractivity contribution in [3.63, 3.8) is 0 Å². The topological polar surface area (TPSA) is 21.3 Å². The van der Waals surface area contributed by atoms with Crippen molar-refractivity contribution in [1.29, 1.82) is 0 Å². The second-order valence-electron chi connectivity index (χ2n) is 5.15. The molecule has 1 heterocycles. The molecule has 0 fully saturated rings. The Balaban J connectivity index is 2.44. The summed E-state index contributed by atoms with van der Waals surface area (Å²) in [5.74, 6) is 0.864. The molecule has 1 aliphatic heterocycles. The third kappa shape index (κ3) is 2.58. The van der Waals surface area contributed by atoms with E-state index in [1.165, 1.54) is 11.1 Å². The van der Waals surface area contributed by atoms with Gasteiger partial charge in [0.25, 0.3) is 0 Å². The molecule has 17 heavy (non-hydrogen) atoms. The Hall–Kier alpha value is -0.730. The van der Waals surface area contributed by atoms with Gasteiger partial charge in [-0.25, -0.2) is 0 Å². The zero-order valence-electron chi connectivity index (χ0n) is 10.9. The van der Waals surface area contributed by atoms with Gasteiger partial charge in [-0.3, -0.25) is 0 Å².